The van der Waals surface area contributed by atoms with Gasteiger partial charge < -0.3 is 15.1 Å². The van der Waals surface area contributed by atoms with E-state index in [1.54, 1.807) is 6.20 Å². The third-order valence-electron chi connectivity index (χ3n) is 3.01. The molecular formula is C12H19N5O. The third-order valence-corrected chi connectivity index (χ3v) is 3.01. The van der Waals surface area contributed by atoms with Crippen LogP contribution in [0.4, 0.5) is 11.8 Å². The molecule has 2 heterocycles. The molecule has 18 heavy (non-hydrogen) atoms. The van der Waals surface area contributed by atoms with Gasteiger partial charge in [0, 0.05) is 32.4 Å². The van der Waals surface area contributed by atoms with Crippen LogP contribution in [0.2, 0.25) is 0 Å². The normalized spacial score (nSPS) is 19.6. The number of nitrogens with zero attached hydrogens (tertiary/aromatic N) is 4. The highest BCUT2D eigenvalue weighted by molar-refractivity contribution is 5.82. The molecule has 0 aromatic carbocycles. The Morgan fingerprint density at radius 3 is 3.06 bits per heavy atom. The quantitative estimate of drug-likeness (QED) is 0.832. The van der Waals surface area contributed by atoms with E-state index in [-0.39, 0.29) is 11.9 Å². The summed E-state index contributed by atoms with van der Waals surface area (Å²) in [4.78, 5) is 24.2. The number of anilines is 2. The van der Waals surface area contributed by atoms with Gasteiger partial charge in [-0.15, -0.1) is 0 Å². The zero-order valence-corrected chi connectivity index (χ0v) is 11.1. The van der Waals surface area contributed by atoms with Gasteiger partial charge in [0.15, 0.2) is 0 Å². The van der Waals surface area contributed by atoms with Crippen molar-refractivity contribution in [2.75, 3.05) is 36.5 Å². The number of aromatic nitrogens is 2. The van der Waals surface area contributed by atoms with Crippen LogP contribution in [0.25, 0.3) is 0 Å². The van der Waals surface area contributed by atoms with Crippen molar-refractivity contribution in [3.05, 3.63) is 12.3 Å². The number of nitrogens with one attached hydrogen (secondary N) is 1. The molecule has 1 aromatic heterocycles. The first kappa shape index (κ1) is 12.6. The lowest BCUT2D eigenvalue weighted by Crippen LogP contribution is -2.53. The molecule has 0 radical (unpaired) electrons. The second-order valence-corrected chi connectivity index (χ2v) is 4.58. The second-order valence-electron chi connectivity index (χ2n) is 4.58. The largest absolute Gasteiger partial charge is 0.360 e. The topological polar surface area (TPSA) is 61.4 Å². The van der Waals surface area contributed by atoms with Gasteiger partial charge in [-0.25, -0.2) is 4.98 Å². The Balaban J connectivity index is 2.19. The molecular weight excluding hydrogens is 230 g/mol. The van der Waals surface area contributed by atoms with Crippen molar-refractivity contribution in [1.29, 1.82) is 0 Å². The Kier molecular flexibility index (Phi) is 3.64. The minimum absolute atomic E-state index is 0.0200. The van der Waals surface area contributed by atoms with Gasteiger partial charge in [0.1, 0.15) is 5.82 Å². The molecule has 1 amide bonds. The van der Waals surface area contributed by atoms with Crippen LogP contribution in [0.3, 0.4) is 0 Å². The Bertz CT molecular complexity index is 436. The van der Waals surface area contributed by atoms with E-state index < -0.39 is 0 Å². The molecule has 0 aliphatic carbocycles. The molecule has 1 aliphatic heterocycles. The van der Waals surface area contributed by atoms with Crippen LogP contribution in [0.5, 0.6) is 0 Å². The number of carbonyl (C=O) groups excluding carboxylic acids is 1. The van der Waals surface area contributed by atoms with Crippen LogP contribution in [0.1, 0.15) is 13.8 Å². The van der Waals surface area contributed by atoms with E-state index in [4.69, 9.17) is 0 Å². The number of rotatable bonds is 3. The first-order chi connectivity index (χ1) is 8.60. The van der Waals surface area contributed by atoms with Crippen molar-refractivity contribution in [1.82, 2.24) is 15.3 Å². The summed E-state index contributed by atoms with van der Waals surface area (Å²) in [5.74, 6) is 1.52. The van der Waals surface area contributed by atoms with Crippen LogP contribution in [0.15, 0.2) is 12.3 Å². The van der Waals surface area contributed by atoms with Crippen LogP contribution in [0, 0.1) is 0 Å². The van der Waals surface area contributed by atoms with Gasteiger partial charge in [-0.2, -0.15) is 4.98 Å². The van der Waals surface area contributed by atoms with Crippen molar-refractivity contribution >= 4 is 17.7 Å². The molecule has 1 fully saturated rings. The predicted molar refractivity (Wildman–Crippen MR) is 70.8 cm³/mol. The van der Waals surface area contributed by atoms with Crippen molar-refractivity contribution < 1.29 is 4.79 Å². The minimum Gasteiger partial charge on any atom is -0.360 e. The first-order valence-corrected chi connectivity index (χ1v) is 6.18. The summed E-state index contributed by atoms with van der Waals surface area (Å²) >= 11 is 0. The fourth-order valence-corrected chi connectivity index (χ4v) is 1.95. The lowest BCUT2D eigenvalue weighted by atomic mass is 10.2. The minimum atomic E-state index is 0.0200. The first-order valence-electron chi connectivity index (χ1n) is 6.18. The van der Waals surface area contributed by atoms with E-state index in [1.165, 1.54) is 0 Å². The predicted octanol–water partition coefficient (Wildman–Crippen LogP) is 0.257. The molecule has 0 spiro atoms. The molecule has 1 atom stereocenters. The van der Waals surface area contributed by atoms with E-state index in [2.05, 4.69) is 22.2 Å². The average Bonchev–Trinajstić information content (AvgIpc) is 2.37. The van der Waals surface area contributed by atoms with Crippen LogP contribution < -0.4 is 15.1 Å². The number of piperazine rings is 1. The van der Waals surface area contributed by atoms with E-state index in [1.807, 2.05) is 29.8 Å². The second kappa shape index (κ2) is 5.20. The van der Waals surface area contributed by atoms with Crippen LogP contribution in [-0.2, 0) is 4.79 Å². The zero-order valence-electron chi connectivity index (χ0n) is 11.1. The Labute approximate surface area is 107 Å². The van der Waals surface area contributed by atoms with Crippen molar-refractivity contribution in [3.8, 4) is 0 Å². The van der Waals surface area contributed by atoms with Gasteiger partial charge in [-0.05, 0) is 19.9 Å². The zero-order chi connectivity index (χ0) is 13.1. The number of hydrogen-bond donors (Lipinski definition) is 1. The van der Waals surface area contributed by atoms with Gasteiger partial charge in [0.05, 0.1) is 6.54 Å². The van der Waals surface area contributed by atoms with E-state index in [9.17, 15) is 4.79 Å². The monoisotopic (exact) mass is 249 g/mol. The highest BCUT2D eigenvalue weighted by Crippen LogP contribution is 2.15. The Morgan fingerprint density at radius 2 is 2.39 bits per heavy atom. The fourth-order valence-electron chi connectivity index (χ4n) is 1.95. The van der Waals surface area contributed by atoms with Gasteiger partial charge in [-0.1, -0.05) is 0 Å². The highest BCUT2D eigenvalue weighted by Gasteiger charge is 2.23. The standard InChI is InChI=1S/C12H19N5O/c1-4-16(3)10-5-6-13-12(15-10)17-7-9(2)14-11(18)8-17/h5-6,9H,4,7-8H2,1-3H3,(H,14,18)/t9-/m0/s1. The van der Waals surface area contributed by atoms with Crippen molar-refractivity contribution in [2.45, 2.75) is 19.9 Å². The Morgan fingerprint density at radius 1 is 1.61 bits per heavy atom. The SMILES string of the molecule is CCN(C)c1ccnc(N2CC(=O)N[C@@H](C)C2)n1. The van der Waals surface area contributed by atoms with E-state index in [0.29, 0.717) is 12.5 Å². The maximum atomic E-state index is 11.5. The maximum absolute atomic E-state index is 11.5. The van der Waals surface area contributed by atoms with Crippen molar-refractivity contribution in [2.24, 2.45) is 0 Å². The smallest absolute Gasteiger partial charge is 0.239 e. The summed E-state index contributed by atoms with van der Waals surface area (Å²) in [5, 5.41) is 2.88. The van der Waals surface area contributed by atoms with Gasteiger partial charge in [-0.3, -0.25) is 4.79 Å². The summed E-state index contributed by atoms with van der Waals surface area (Å²) in [6, 6.07) is 2.00. The summed E-state index contributed by atoms with van der Waals surface area (Å²) < 4.78 is 0. The summed E-state index contributed by atoms with van der Waals surface area (Å²) in [6.07, 6.45) is 1.74. The third kappa shape index (κ3) is 2.69. The molecule has 0 bridgehead atoms. The van der Waals surface area contributed by atoms with Crippen LogP contribution >= 0.6 is 0 Å². The molecule has 0 unspecified atom stereocenters. The molecule has 1 saturated heterocycles. The number of hydrogen-bond acceptors (Lipinski definition) is 5. The van der Waals surface area contributed by atoms with Gasteiger partial charge >= 0.3 is 0 Å². The summed E-state index contributed by atoms with van der Waals surface area (Å²) in [6.45, 7) is 5.99. The molecule has 6 heteroatoms. The molecule has 0 saturated carbocycles. The van der Waals surface area contributed by atoms with Gasteiger partial charge in [0.2, 0.25) is 11.9 Å². The molecule has 2 rings (SSSR count). The molecule has 1 aromatic rings. The van der Waals surface area contributed by atoms with Gasteiger partial charge in [0.25, 0.3) is 0 Å². The lowest BCUT2D eigenvalue weighted by Gasteiger charge is -2.31. The Hall–Kier alpha value is -1.85. The van der Waals surface area contributed by atoms with Crippen LogP contribution in [-0.4, -0.2) is 48.6 Å². The number of amides is 1. The lowest BCUT2D eigenvalue weighted by molar-refractivity contribution is -0.121. The van der Waals surface area contributed by atoms with E-state index >= 15 is 0 Å². The fraction of sp³-hybridized carbons (Fsp3) is 0.583. The molecule has 98 valence electrons. The average molecular weight is 249 g/mol. The van der Waals surface area contributed by atoms with Crippen molar-refractivity contribution in [3.63, 3.8) is 0 Å². The summed E-state index contributed by atoms with van der Waals surface area (Å²) in [5.41, 5.74) is 0. The highest BCUT2D eigenvalue weighted by atomic mass is 16.2. The maximum Gasteiger partial charge on any atom is 0.239 e. The molecule has 6 nitrogen and oxygen atoms in total. The number of carbonyl (C=O) groups is 1. The summed E-state index contributed by atoms with van der Waals surface area (Å²) in [7, 11) is 1.98. The van der Waals surface area contributed by atoms with E-state index in [0.717, 1.165) is 18.9 Å². The molecule has 1 aliphatic rings. The molecule has 1 N–H and O–H groups in total.